The van der Waals surface area contributed by atoms with Gasteiger partial charge < -0.3 is 0 Å². The number of aryl methyl sites for hydroxylation is 2. The molecule has 2 rings (SSSR count). The first-order valence-electron chi connectivity index (χ1n) is 4.34. The van der Waals surface area contributed by atoms with Crippen molar-refractivity contribution in [3.63, 3.8) is 0 Å². The van der Waals surface area contributed by atoms with Crippen LogP contribution in [-0.2, 0) is 0 Å². The zero-order valence-corrected chi connectivity index (χ0v) is 7.76. The maximum Gasteiger partial charge on any atom is 0.133 e. The molecule has 0 bridgehead atoms. The van der Waals surface area contributed by atoms with Crippen LogP contribution in [0.1, 0.15) is 11.1 Å². The molecular formula is C12H11F. The molecule has 0 saturated heterocycles. The van der Waals surface area contributed by atoms with E-state index >= 15 is 0 Å². The van der Waals surface area contributed by atoms with E-state index in [1.807, 2.05) is 37.3 Å². The first-order chi connectivity index (χ1) is 6.18. The monoisotopic (exact) mass is 174 g/mol. The van der Waals surface area contributed by atoms with Crippen molar-refractivity contribution in [2.24, 2.45) is 0 Å². The van der Waals surface area contributed by atoms with E-state index in [1.165, 1.54) is 0 Å². The summed E-state index contributed by atoms with van der Waals surface area (Å²) in [4.78, 5) is 0. The lowest BCUT2D eigenvalue weighted by atomic mass is 10.0. The van der Waals surface area contributed by atoms with Crippen molar-refractivity contribution in [2.75, 3.05) is 0 Å². The fraction of sp³-hybridized carbons (Fsp3) is 0.167. The highest BCUT2D eigenvalue weighted by Gasteiger charge is 2.02. The van der Waals surface area contributed by atoms with Gasteiger partial charge in [0, 0.05) is 5.39 Å². The van der Waals surface area contributed by atoms with Gasteiger partial charge in [0.1, 0.15) is 5.82 Å². The predicted molar refractivity (Wildman–Crippen MR) is 53.4 cm³/mol. The largest absolute Gasteiger partial charge is 0.206 e. The van der Waals surface area contributed by atoms with E-state index in [0.717, 1.165) is 16.3 Å². The SMILES string of the molecule is Cc1ccc2ccc(C)c(F)c2c1. The second-order valence-corrected chi connectivity index (χ2v) is 3.42. The Morgan fingerprint density at radius 3 is 2.46 bits per heavy atom. The summed E-state index contributed by atoms with van der Waals surface area (Å²) in [5.41, 5.74) is 1.80. The fourth-order valence-corrected chi connectivity index (χ4v) is 1.51. The van der Waals surface area contributed by atoms with Gasteiger partial charge in [-0.25, -0.2) is 4.39 Å². The van der Waals surface area contributed by atoms with E-state index in [1.54, 1.807) is 6.92 Å². The van der Waals surface area contributed by atoms with Gasteiger partial charge in [0.25, 0.3) is 0 Å². The Kier molecular flexibility index (Phi) is 1.80. The van der Waals surface area contributed by atoms with E-state index in [2.05, 4.69) is 0 Å². The Labute approximate surface area is 77.0 Å². The molecular weight excluding hydrogens is 163 g/mol. The lowest BCUT2D eigenvalue weighted by Gasteiger charge is -2.03. The number of fused-ring (bicyclic) bond motifs is 1. The highest BCUT2D eigenvalue weighted by Crippen LogP contribution is 2.21. The van der Waals surface area contributed by atoms with Gasteiger partial charge in [0.15, 0.2) is 0 Å². The van der Waals surface area contributed by atoms with Gasteiger partial charge in [-0.05, 0) is 30.9 Å². The summed E-state index contributed by atoms with van der Waals surface area (Å²) in [5.74, 6) is -0.0961. The third-order valence-electron chi connectivity index (χ3n) is 2.30. The van der Waals surface area contributed by atoms with Crippen molar-refractivity contribution < 1.29 is 4.39 Å². The molecule has 0 nitrogen and oxygen atoms in total. The summed E-state index contributed by atoms with van der Waals surface area (Å²) >= 11 is 0. The van der Waals surface area contributed by atoms with E-state index in [0.29, 0.717) is 5.56 Å². The molecule has 0 radical (unpaired) electrons. The average molecular weight is 174 g/mol. The number of hydrogen-bond donors (Lipinski definition) is 0. The molecule has 0 fully saturated rings. The average Bonchev–Trinajstić information content (AvgIpc) is 2.12. The Morgan fingerprint density at radius 2 is 1.69 bits per heavy atom. The van der Waals surface area contributed by atoms with Crippen LogP contribution in [0, 0.1) is 19.7 Å². The predicted octanol–water partition coefficient (Wildman–Crippen LogP) is 3.60. The normalized spacial score (nSPS) is 10.7. The molecule has 0 atom stereocenters. The van der Waals surface area contributed by atoms with Crippen LogP contribution >= 0.6 is 0 Å². The molecule has 0 heterocycles. The van der Waals surface area contributed by atoms with Gasteiger partial charge in [-0.2, -0.15) is 0 Å². The standard InChI is InChI=1S/C12H11F/c1-8-3-5-10-6-4-9(2)12(13)11(10)7-8/h3-7H,1-2H3. The van der Waals surface area contributed by atoms with Gasteiger partial charge in [0.2, 0.25) is 0 Å². The van der Waals surface area contributed by atoms with Gasteiger partial charge in [-0.15, -0.1) is 0 Å². The number of hydrogen-bond acceptors (Lipinski definition) is 0. The molecule has 0 N–H and O–H groups in total. The van der Waals surface area contributed by atoms with E-state index in [4.69, 9.17) is 0 Å². The van der Waals surface area contributed by atoms with Gasteiger partial charge >= 0.3 is 0 Å². The zero-order chi connectivity index (χ0) is 9.42. The summed E-state index contributed by atoms with van der Waals surface area (Å²) in [6.07, 6.45) is 0. The molecule has 0 aliphatic carbocycles. The summed E-state index contributed by atoms with van der Waals surface area (Å²) in [6, 6.07) is 9.60. The van der Waals surface area contributed by atoms with E-state index in [-0.39, 0.29) is 5.82 Å². The van der Waals surface area contributed by atoms with Crippen molar-refractivity contribution in [1.82, 2.24) is 0 Å². The van der Waals surface area contributed by atoms with Crippen molar-refractivity contribution in [1.29, 1.82) is 0 Å². The first-order valence-corrected chi connectivity index (χ1v) is 4.34. The molecule has 0 unspecified atom stereocenters. The quantitative estimate of drug-likeness (QED) is 0.572. The van der Waals surface area contributed by atoms with Crippen LogP contribution in [0.5, 0.6) is 0 Å². The number of benzene rings is 2. The molecule has 0 spiro atoms. The molecule has 0 aliphatic rings. The highest BCUT2D eigenvalue weighted by molar-refractivity contribution is 5.84. The summed E-state index contributed by atoms with van der Waals surface area (Å²) in [6.45, 7) is 3.76. The maximum atomic E-state index is 13.6. The molecule has 1 heteroatoms. The third-order valence-corrected chi connectivity index (χ3v) is 2.30. The third kappa shape index (κ3) is 1.31. The summed E-state index contributed by atoms with van der Waals surface area (Å²) in [7, 11) is 0. The minimum absolute atomic E-state index is 0.0961. The Hall–Kier alpha value is -1.37. The van der Waals surface area contributed by atoms with Gasteiger partial charge in [0.05, 0.1) is 0 Å². The molecule has 0 aliphatic heterocycles. The smallest absolute Gasteiger partial charge is 0.133 e. The highest BCUT2D eigenvalue weighted by atomic mass is 19.1. The maximum absolute atomic E-state index is 13.6. The molecule has 66 valence electrons. The number of rotatable bonds is 0. The topological polar surface area (TPSA) is 0 Å². The lowest BCUT2D eigenvalue weighted by Crippen LogP contribution is -1.85. The Balaban J connectivity index is 2.89. The van der Waals surface area contributed by atoms with Gasteiger partial charge in [-0.3, -0.25) is 0 Å². The molecule has 13 heavy (non-hydrogen) atoms. The van der Waals surface area contributed by atoms with Crippen LogP contribution < -0.4 is 0 Å². The summed E-state index contributed by atoms with van der Waals surface area (Å²) < 4.78 is 13.6. The minimum atomic E-state index is -0.0961. The second kappa shape index (κ2) is 2.84. The van der Waals surface area contributed by atoms with Crippen LogP contribution in [0.15, 0.2) is 30.3 Å². The molecule has 0 saturated carbocycles. The zero-order valence-electron chi connectivity index (χ0n) is 7.76. The molecule has 0 aromatic heterocycles. The first kappa shape index (κ1) is 8.24. The minimum Gasteiger partial charge on any atom is -0.206 e. The Morgan fingerprint density at radius 1 is 1.00 bits per heavy atom. The molecule has 2 aromatic rings. The lowest BCUT2D eigenvalue weighted by molar-refractivity contribution is 0.630. The van der Waals surface area contributed by atoms with Crippen LogP contribution in [-0.4, -0.2) is 0 Å². The molecule has 2 aromatic carbocycles. The van der Waals surface area contributed by atoms with Crippen LogP contribution in [0.25, 0.3) is 10.8 Å². The number of halogens is 1. The van der Waals surface area contributed by atoms with Crippen LogP contribution in [0.3, 0.4) is 0 Å². The van der Waals surface area contributed by atoms with Crippen molar-refractivity contribution in [3.05, 3.63) is 47.3 Å². The van der Waals surface area contributed by atoms with Crippen LogP contribution in [0.2, 0.25) is 0 Å². The molecule has 0 amide bonds. The van der Waals surface area contributed by atoms with Crippen molar-refractivity contribution in [3.8, 4) is 0 Å². The van der Waals surface area contributed by atoms with Crippen LogP contribution in [0.4, 0.5) is 4.39 Å². The Bertz CT molecular complexity index is 453. The van der Waals surface area contributed by atoms with E-state index < -0.39 is 0 Å². The second-order valence-electron chi connectivity index (χ2n) is 3.42. The van der Waals surface area contributed by atoms with Crippen molar-refractivity contribution in [2.45, 2.75) is 13.8 Å². The van der Waals surface area contributed by atoms with Crippen molar-refractivity contribution >= 4 is 10.8 Å². The van der Waals surface area contributed by atoms with E-state index in [9.17, 15) is 4.39 Å². The summed E-state index contributed by atoms with van der Waals surface area (Å²) in [5, 5.41) is 1.69. The fourth-order valence-electron chi connectivity index (χ4n) is 1.51. The van der Waals surface area contributed by atoms with Gasteiger partial charge in [-0.1, -0.05) is 29.8 Å².